The molecule has 2 heterocycles. The Morgan fingerprint density at radius 3 is 1.33 bits per heavy atom. The summed E-state index contributed by atoms with van der Waals surface area (Å²) in [6, 6.07) is 86.5. The summed E-state index contributed by atoms with van der Waals surface area (Å²) >= 11 is 0. The molecule has 0 spiro atoms. The van der Waals surface area contributed by atoms with Crippen LogP contribution in [0.25, 0.3) is 66.1 Å². The zero-order chi connectivity index (χ0) is 43.6. The van der Waals surface area contributed by atoms with Gasteiger partial charge in [-0.25, -0.2) is 0 Å². The van der Waals surface area contributed by atoms with Gasteiger partial charge in [-0.05, 0) is 133 Å². The molecule has 4 nitrogen and oxygen atoms in total. The van der Waals surface area contributed by atoms with Gasteiger partial charge in [-0.3, -0.25) is 4.90 Å². The number of ether oxygens (including phenoxy) is 2. The molecule has 13 rings (SSSR count). The monoisotopic (exact) mass is 844 g/mol. The molecule has 0 saturated carbocycles. The summed E-state index contributed by atoms with van der Waals surface area (Å²) in [7, 11) is 0. The fraction of sp³-hybridized carbons (Fsp3) is 0. The quantitative estimate of drug-likeness (QED) is 0.149. The van der Waals surface area contributed by atoms with Crippen LogP contribution in [0.1, 0.15) is 0 Å². The minimum absolute atomic E-state index is 0.770. The first-order valence-corrected chi connectivity index (χ1v) is 22.4. The molecular weight excluding hydrogens is 805 g/mol. The van der Waals surface area contributed by atoms with Gasteiger partial charge in [0.15, 0.2) is 23.0 Å². The van der Waals surface area contributed by atoms with E-state index in [4.69, 9.17) is 9.47 Å². The average Bonchev–Trinajstić information content (AvgIpc) is 3.39. The third-order valence-electron chi connectivity index (χ3n) is 13.0. The van der Waals surface area contributed by atoms with Crippen molar-refractivity contribution >= 4 is 55.7 Å². The van der Waals surface area contributed by atoms with E-state index in [1.54, 1.807) is 0 Å². The van der Waals surface area contributed by atoms with Gasteiger partial charge in [-0.2, -0.15) is 0 Å². The van der Waals surface area contributed by atoms with Gasteiger partial charge in [0.05, 0.1) is 17.1 Å². The van der Waals surface area contributed by atoms with Crippen molar-refractivity contribution in [3.8, 4) is 67.5 Å². The van der Waals surface area contributed by atoms with Gasteiger partial charge in [-0.1, -0.05) is 170 Å². The molecule has 2 aliphatic rings. The average molecular weight is 845 g/mol. The van der Waals surface area contributed by atoms with E-state index in [2.05, 4.69) is 216 Å². The number of hydrogen-bond acceptors (Lipinski definition) is 4. The summed E-state index contributed by atoms with van der Waals surface area (Å²) in [5.74, 6) is 3.17. The van der Waals surface area contributed by atoms with Crippen LogP contribution in [-0.4, -0.2) is 0 Å². The lowest BCUT2D eigenvalue weighted by Gasteiger charge is -2.38. The van der Waals surface area contributed by atoms with Crippen LogP contribution in [0.15, 0.2) is 243 Å². The van der Waals surface area contributed by atoms with E-state index >= 15 is 0 Å². The lowest BCUT2D eigenvalue weighted by Crippen LogP contribution is -2.20. The third-order valence-corrected chi connectivity index (χ3v) is 13.0. The molecule has 66 heavy (non-hydrogen) atoms. The lowest BCUT2D eigenvalue weighted by molar-refractivity contribution is 0.446. The van der Waals surface area contributed by atoms with Gasteiger partial charge in [0.1, 0.15) is 5.69 Å². The van der Waals surface area contributed by atoms with Crippen molar-refractivity contribution in [3.05, 3.63) is 243 Å². The van der Waals surface area contributed by atoms with E-state index in [1.807, 2.05) is 36.4 Å². The van der Waals surface area contributed by atoms with E-state index in [9.17, 15) is 0 Å². The van der Waals surface area contributed by atoms with Crippen molar-refractivity contribution < 1.29 is 9.47 Å². The van der Waals surface area contributed by atoms with Gasteiger partial charge < -0.3 is 14.4 Å². The predicted octanol–water partition coefficient (Wildman–Crippen LogP) is 17.8. The van der Waals surface area contributed by atoms with Gasteiger partial charge in [0.25, 0.3) is 0 Å². The fourth-order valence-electron chi connectivity index (χ4n) is 9.81. The molecule has 0 fully saturated rings. The largest absolute Gasteiger partial charge is 0.453 e. The summed E-state index contributed by atoms with van der Waals surface area (Å²) in [6.45, 7) is 0. The zero-order valence-corrected chi connectivity index (χ0v) is 35.8. The van der Waals surface area contributed by atoms with Gasteiger partial charge >= 0.3 is 0 Å². The first-order chi connectivity index (χ1) is 32.7. The van der Waals surface area contributed by atoms with Crippen molar-refractivity contribution in [2.75, 3.05) is 9.80 Å². The molecular formula is C62H40N2O2. The van der Waals surface area contributed by atoms with Crippen molar-refractivity contribution in [1.82, 2.24) is 0 Å². The van der Waals surface area contributed by atoms with Crippen LogP contribution >= 0.6 is 0 Å². The SMILES string of the molecule is c1ccc(-c2ccc(N(c3ccc(-c4ccc(-c5cccc(-c6cc7c8c(c6)Oc6ccccc6N8c6ccccc6O7)c5)cc4)cc3)c3cc4ccccc4c4ccccc34)cc2)cc1. The maximum atomic E-state index is 6.56. The van der Waals surface area contributed by atoms with Crippen LogP contribution in [0.2, 0.25) is 0 Å². The van der Waals surface area contributed by atoms with Gasteiger partial charge in [-0.15, -0.1) is 0 Å². The van der Waals surface area contributed by atoms with Crippen molar-refractivity contribution in [2.24, 2.45) is 0 Å². The first kappa shape index (κ1) is 37.7. The number of hydrogen-bond donors (Lipinski definition) is 0. The number of benzene rings is 11. The standard InChI is InChI=1S/C62H40N2O2/c1-2-13-41(14-3-1)43-29-33-50(34-30-43)63(57-38-48-15-4-5-18-52(48)53-19-6-7-20-54(53)57)51-35-31-44(32-36-51)42-25-27-45(28-26-42)46-16-12-17-47(37-46)49-39-60-62-61(40-49)66-59-24-11-9-22-56(59)64(62)55-21-8-10-23-58(55)65-60/h1-40H. The number of rotatable bonds is 7. The van der Waals surface area contributed by atoms with Crippen LogP contribution in [0.4, 0.5) is 34.1 Å². The molecule has 0 radical (unpaired) electrons. The highest BCUT2D eigenvalue weighted by molar-refractivity contribution is 6.14. The minimum atomic E-state index is 0.770. The summed E-state index contributed by atoms with van der Waals surface area (Å²) < 4.78 is 13.1. The van der Waals surface area contributed by atoms with E-state index in [0.29, 0.717) is 0 Å². The lowest BCUT2D eigenvalue weighted by atomic mass is 9.96. The fourth-order valence-corrected chi connectivity index (χ4v) is 9.81. The Bertz CT molecular complexity index is 3570. The normalized spacial score (nSPS) is 12.2. The molecule has 0 aromatic heterocycles. The van der Waals surface area contributed by atoms with E-state index in [0.717, 1.165) is 90.5 Å². The summed E-state index contributed by atoms with van der Waals surface area (Å²) in [5, 5.41) is 4.91. The summed E-state index contributed by atoms with van der Waals surface area (Å²) in [6.07, 6.45) is 0. The molecule has 0 bridgehead atoms. The number of nitrogens with zero attached hydrogens (tertiary/aromatic N) is 2. The highest BCUT2D eigenvalue weighted by Crippen LogP contribution is 2.60. The van der Waals surface area contributed by atoms with Gasteiger partial charge in [0.2, 0.25) is 0 Å². The Balaban J connectivity index is 0.824. The number of para-hydroxylation sites is 4. The molecule has 0 unspecified atom stereocenters. The van der Waals surface area contributed by atoms with Crippen LogP contribution in [0.3, 0.4) is 0 Å². The Labute approximate surface area is 383 Å². The van der Waals surface area contributed by atoms with Crippen molar-refractivity contribution in [3.63, 3.8) is 0 Å². The highest BCUT2D eigenvalue weighted by atomic mass is 16.5. The minimum Gasteiger partial charge on any atom is -0.453 e. The molecule has 310 valence electrons. The second-order valence-electron chi connectivity index (χ2n) is 16.9. The highest BCUT2D eigenvalue weighted by Gasteiger charge is 2.35. The van der Waals surface area contributed by atoms with Crippen LogP contribution in [0.5, 0.6) is 23.0 Å². The zero-order valence-electron chi connectivity index (χ0n) is 35.8. The van der Waals surface area contributed by atoms with Crippen molar-refractivity contribution in [1.29, 1.82) is 0 Å². The molecule has 11 aromatic carbocycles. The predicted molar refractivity (Wildman–Crippen MR) is 273 cm³/mol. The molecule has 0 saturated heterocycles. The number of anilines is 6. The first-order valence-electron chi connectivity index (χ1n) is 22.4. The second kappa shape index (κ2) is 15.4. The maximum absolute atomic E-state index is 6.56. The number of fused-ring (bicyclic) bond motifs is 7. The molecule has 0 aliphatic carbocycles. The smallest absolute Gasteiger partial charge is 0.156 e. The molecule has 0 atom stereocenters. The topological polar surface area (TPSA) is 24.9 Å². The molecule has 2 aliphatic heterocycles. The van der Waals surface area contributed by atoms with Gasteiger partial charge in [0, 0.05) is 16.8 Å². The van der Waals surface area contributed by atoms with E-state index in [-0.39, 0.29) is 0 Å². The van der Waals surface area contributed by atoms with Crippen LogP contribution in [-0.2, 0) is 0 Å². The van der Waals surface area contributed by atoms with Crippen LogP contribution in [0, 0.1) is 0 Å². The summed E-state index contributed by atoms with van der Waals surface area (Å²) in [4.78, 5) is 4.65. The molecule has 4 heteroatoms. The Morgan fingerprint density at radius 1 is 0.288 bits per heavy atom. The van der Waals surface area contributed by atoms with Crippen molar-refractivity contribution in [2.45, 2.75) is 0 Å². The Hall–Kier alpha value is -8.86. The summed E-state index contributed by atoms with van der Waals surface area (Å²) in [5.41, 5.74) is 15.3. The Morgan fingerprint density at radius 2 is 0.727 bits per heavy atom. The third kappa shape index (κ3) is 6.38. The van der Waals surface area contributed by atoms with Crippen LogP contribution < -0.4 is 19.3 Å². The molecule has 11 aromatic rings. The molecule has 0 amide bonds. The van der Waals surface area contributed by atoms with E-state index < -0.39 is 0 Å². The van der Waals surface area contributed by atoms with E-state index in [1.165, 1.54) is 32.7 Å². The maximum Gasteiger partial charge on any atom is 0.156 e. The Kier molecular flexibility index (Phi) is 8.81. The second-order valence-corrected chi connectivity index (χ2v) is 16.9. The molecule has 0 N–H and O–H groups in total.